The van der Waals surface area contributed by atoms with Gasteiger partial charge in [-0.3, -0.25) is 0 Å². The zero-order valence-corrected chi connectivity index (χ0v) is 12.3. The van der Waals surface area contributed by atoms with Crippen molar-refractivity contribution >= 4 is 0 Å². The van der Waals surface area contributed by atoms with Crippen LogP contribution in [0.3, 0.4) is 0 Å². The van der Waals surface area contributed by atoms with Crippen LogP contribution >= 0.6 is 0 Å². The summed E-state index contributed by atoms with van der Waals surface area (Å²) in [5.74, 6) is 1.41. The Labute approximate surface area is 116 Å². The highest BCUT2D eigenvalue weighted by Crippen LogP contribution is 2.24. The minimum Gasteiger partial charge on any atom is -0.379 e. The summed E-state index contributed by atoms with van der Waals surface area (Å²) in [5, 5.41) is 0. The lowest BCUT2D eigenvalue weighted by Gasteiger charge is -2.36. The standard InChI is InChI=1S/C15H28O4/c1-3-12-8-18-14(12)10-16-6-5-7-17-11-15-13(4-2)9-19-15/h12-15H,3-11H2,1-2H3. The molecule has 2 saturated heterocycles. The Hall–Kier alpha value is -0.160. The number of rotatable bonds is 10. The minimum absolute atomic E-state index is 0.333. The summed E-state index contributed by atoms with van der Waals surface area (Å²) in [6, 6.07) is 0. The van der Waals surface area contributed by atoms with Crippen LogP contribution in [0, 0.1) is 11.8 Å². The van der Waals surface area contributed by atoms with Crippen LogP contribution in [0.2, 0.25) is 0 Å². The van der Waals surface area contributed by atoms with E-state index in [0.717, 1.165) is 46.1 Å². The molecule has 4 atom stereocenters. The molecule has 0 aromatic carbocycles. The van der Waals surface area contributed by atoms with Gasteiger partial charge in [0, 0.05) is 25.0 Å². The van der Waals surface area contributed by atoms with Gasteiger partial charge in [0.25, 0.3) is 0 Å². The van der Waals surface area contributed by atoms with Gasteiger partial charge in [0.15, 0.2) is 0 Å². The molecule has 112 valence electrons. The van der Waals surface area contributed by atoms with Crippen molar-refractivity contribution in [2.75, 3.05) is 39.6 Å². The Morgan fingerprint density at radius 1 is 0.842 bits per heavy atom. The van der Waals surface area contributed by atoms with E-state index < -0.39 is 0 Å². The summed E-state index contributed by atoms with van der Waals surface area (Å²) in [4.78, 5) is 0. The van der Waals surface area contributed by atoms with Crippen LogP contribution in [0.25, 0.3) is 0 Å². The van der Waals surface area contributed by atoms with Crippen LogP contribution in [0.1, 0.15) is 33.1 Å². The van der Waals surface area contributed by atoms with E-state index >= 15 is 0 Å². The third-order valence-electron chi connectivity index (χ3n) is 4.29. The zero-order chi connectivity index (χ0) is 13.5. The lowest BCUT2D eigenvalue weighted by atomic mass is 9.96. The topological polar surface area (TPSA) is 36.9 Å². The molecule has 2 heterocycles. The highest BCUT2D eigenvalue weighted by atomic mass is 16.6. The third kappa shape index (κ3) is 4.42. The van der Waals surface area contributed by atoms with E-state index in [1.165, 1.54) is 12.8 Å². The van der Waals surface area contributed by atoms with E-state index in [9.17, 15) is 0 Å². The molecule has 2 rings (SSSR count). The summed E-state index contributed by atoms with van der Waals surface area (Å²) in [6.45, 7) is 9.24. The van der Waals surface area contributed by atoms with E-state index in [2.05, 4.69) is 13.8 Å². The van der Waals surface area contributed by atoms with Gasteiger partial charge in [-0.15, -0.1) is 0 Å². The molecule has 0 aromatic heterocycles. The maximum Gasteiger partial charge on any atom is 0.0858 e. The fourth-order valence-electron chi connectivity index (χ4n) is 2.53. The molecule has 0 amide bonds. The van der Waals surface area contributed by atoms with Gasteiger partial charge >= 0.3 is 0 Å². The van der Waals surface area contributed by atoms with Gasteiger partial charge in [-0.25, -0.2) is 0 Å². The predicted octanol–water partition coefficient (Wildman–Crippen LogP) is 2.26. The highest BCUT2D eigenvalue weighted by Gasteiger charge is 2.31. The number of ether oxygens (including phenoxy) is 4. The second-order valence-electron chi connectivity index (χ2n) is 5.58. The first-order valence-electron chi connectivity index (χ1n) is 7.73. The van der Waals surface area contributed by atoms with Crippen molar-refractivity contribution in [3.63, 3.8) is 0 Å². The molecule has 0 radical (unpaired) electrons. The normalized spacial score (nSPS) is 33.8. The van der Waals surface area contributed by atoms with Crippen molar-refractivity contribution in [1.82, 2.24) is 0 Å². The molecule has 19 heavy (non-hydrogen) atoms. The molecule has 2 fully saturated rings. The summed E-state index contributed by atoms with van der Waals surface area (Å²) < 4.78 is 22.2. The number of hydrogen-bond donors (Lipinski definition) is 0. The molecule has 0 bridgehead atoms. The van der Waals surface area contributed by atoms with Crippen molar-refractivity contribution < 1.29 is 18.9 Å². The van der Waals surface area contributed by atoms with Gasteiger partial charge in [-0.2, -0.15) is 0 Å². The van der Waals surface area contributed by atoms with Gasteiger partial charge < -0.3 is 18.9 Å². The van der Waals surface area contributed by atoms with Crippen LogP contribution in [0.15, 0.2) is 0 Å². The largest absolute Gasteiger partial charge is 0.379 e. The van der Waals surface area contributed by atoms with E-state index in [0.29, 0.717) is 24.0 Å². The molecule has 0 aliphatic carbocycles. The molecule has 0 aromatic rings. The van der Waals surface area contributed by atoms with Crippen LogP contribution < -0.4 is 0 Å². The zero-order valence-electron chi connectivity index (χ0n) is 12.3. The Morgan fingerprint density at radius 3 is 1.63 bits per heavy atom. The highest BCUT2D eigenvalue weighted by molar-refractivity contribution is 4.77. The SMILES string of the molecule is CCC1COC1COCCCOCC1OCC1CC. The van der Waals surface area contributed by atoms with Crippen LogP contribution in [0.5, 0.6) is 0 Å². The van der Waals surface area contributed by atoms with Gasteiger partial charge in [-0.1, -0.05) is 13.8 Å². The maximum atomic E-state index is 5.62. The molecule has 0 N–H and O–H groups in total. The monoisotopic (exact) mass is 272 g/mol. The van der Waals surface area contributed by atoms with E-state index in [1.54, 1.807) is 0 Å². The van der Waals surface area contributed by atoms with Crippen molar-refractivity contribution in [2.45, 2.75) is 45.3 Å². The average Bonchev–Trinajstić information content (AvgIpc) is 2.35. The predicted molar refractivity (Wildman–Crippen MR) is 73.3 cm³/mol. The second-order valence-corrected chi connectivity index (χ2v) is 5.58. The fraction of sp³-hybridized carbons (Fsp3) is 1.00. The summed E-state index contributed by atoms with van der Waals surface area (Å²) in [6.07, 6.45) is 4.00. The third-order valence-corrected chi connectivity index (χ3v) is 4.29. The van der Waals surface area contributed by atoms with E-state index in [-0.39, 0.29) is 0 Å². The van der Waals surface area contributed by atoms with E-state index in [1.807, 2.05) is 0 Å². The lowest BCUT2D eigenvalue weighted by Crippen LogP contribution is -2.43. The number of hydrogen-bond acceptors (Lipinski definition) is 4. The summed E-state index contributed by atoms with van der Waals surface area (Å²) in [7, 11) is 0. The minimum atomic E-state index is 0.333. The Kier molecular flexibility index (Phi) is 6.57. The van der Waals surface area contributed by atoms with Crippen molar-refractivity contribution in [3.05, 3.63) is 0 Å². The molecule has 4 heteroatoms. The second kappa shape index (κ2) is 8.20. The Bertz CT molecular complexity index is 218. The summed E-state index contributed by atoms with van der Waals surface area (Å²) >= 11 is 0. The van der Waals surface area contributed by atoms with Crippen LogP contribution in [-0.4, -0.2) is 51.8 Å². The van der Waals surface area contributed by atoms with Gasteiger partial charge in [0.1, 0.15) is 0 Å². The fourth-order valence-corrected chi connectivity index (χ4v) is 2.53. The maximum absolute atomic E-state index is 5.62. The van der Waals surface area contributed by atoms with E-state index in [4.69, 9.17) is 18.9 Å². The van der Waals surface area contributed by atoms with Crippen molar-refractivity contribution in [1.29, 1.82) is 0 Å². The smallest absolute Gasteiger partial charge is 0.0858 e. The summed E-state index contributed by atoms with van der Waals surface area (Å²) in [5.41, 5.74) is 0. The first kappa shape index (κ1) is 15.2. The average molecular weight is 272 g/mol. The molecule has 4 nitrogen and oxygen atoms in total. The Morgan fingerprint density at radius 2 is 1.32 bits per heavy atom. The van der Waals surface area contributed by atoms with Crippen molar-refractivity contribution in [3.8, 4) is 0 Å². The van der Waals surface area contributed by atoms with Gasteiger partial charge in [0.2, 0.25) is 0 Å². The molecular weight excluding hydrogens is 244 g/mol. The quantitative estimate of drug-likeness (QED) is 0.572. The van der Waals surface area contributed by atoms with Crippen molar-refractivity contribution in [2.24, 2.45) is 11.8 Å². The van der Waals surface area contributed by atoms with Crippen LogP contribution in [0.4, 0.5) is 0 Å². The molecule has 2 aliphatic rings. The molecular formula is C15H28O4. The molecule has 2 aliphatic heterocycles. The van der Waals surface area contributed by atoms with Gasteiger partial charge in [0.05, 0.1) is 38.6 Å². The van der Waals surface area contributed by atoms with Gasteiger partial charge in [-0.05, 0) is 19.3 Å². The lowest BCUT2D eigenvalue weighted by molar-refractivity contribution is -0.152. The molecule has 0 spiro atoms. The molecule has 4 unspecified atom stereocenters. The molecule has 0 saturated carbocycles. The first-order chi connectivity index (χ1) is 9.35. The Balaban J connectivity index is 1.36. The first-order valence-corrected chi connectivity index (χ1v) is 7.73. The van der Waals surface area contributed by atoms with Crippen LogP contribution in [-0.2, 0) is 18.9 Å².